The highest BCUT2D eigenvalue weighted by Crippen LogP contribution is 2.31. The zero-order valence-corrected chi connectivity index (χ0v) is 18.1. The molecule has 0 N–H and O–H groups in total. The third-order valence-electron chi connectivity index (χ3n) is 5.24. The fraction of sp³-hybridized carbons (Fsp3) is 0.0833. The number of aromatic nitrogens is 2. The zero-order valence-electron chi connectivity index (χ0n) is 18.1. The third kappa shape index (κ3) is 3.66. The fourth-order valence-electron chi connectivity index (χ4n) is 3.71. The second-order valence-electron chi connectivity index (χ2n) is 7.08. The lowest BCUT2D eigenvalue weighted by Gasteiger charge is -2.07. The molecule has 2 aromatic carbocycles. The topological polar surface area (TPSA) is 130 Å². The van der Waals surface area contributed by atoms with Crippen LogP contribution < -0.4 is 0 Å². The summed E-state index contributed by atoms with van der Waals surface area (Å²) in [4.78, 5) is 54.4. The van der Waals surface area contributed by atoms with E-state index in [1.54, 1.807) is 12.1 Å². The van der Waals surface area contributed by atoms with E-state index in [0.717, 1.165) is 19.8 Å². The lowest BCUT2D eigenvalue weighted by Crippen LogP contribution is -2.16. The number of nitrogens with zero attached hydrogens (tertiary/aromatic N) is 3. The van der Waals surface area contributed by atoms with E-state index in [9.17, 15) is 24.5 Å². The van der Waals surface area contributed by atoms with Crippen LogP contribution in [0.2, 0.25) is 0 Å². The monoisotopic (exact) mass is 459 g/mol. The summed E-state index contributed by atoms with van der Waals surface area (Å²) >= 11 is 0. The highest BCUT2D eigenvalue weighted by Gasteiger charge is 2.35. The van der Waals surface area contributed by atoms with Gasteiger partial charge in [0.25, 0.3) is 5.69 Å². The number of rotatable bonds is 6. The molecule has 4 aromatic rings. The Morgan fingerprint density at radius 1 is 0.912 bits per heavy atom. The van der Waals surface area contributed by atoms with Crippen molar-refractivity contribution in [3.8, 4) is 11.3 Å². The number of methoxy groups -OCH3 is 2. The van der Waals surface area contributed by atoms with Crippen molar-refractivity contribution in [2.75, 3.05) is 14.2 Å². The number of para-hydroxylation sites is 1. The number of ketones is 1. The molecule has 0 aliphatic heterocycles. The molecule has 2 aromatic heterocycles. The van der Waals surface area contributed by atoms with Gasteiger partial charge in [-0.2, -0.15) is 0 Å². The molecule has 0 spiro atoms. The Balaban J connectivity index is 2.09. The normalized spacial score (nSPS) is 10.6. The molecule has 0 saturated heterocycles. The van der Waals surface area contributed by atoms with Crippen LogP contribution in [0.4, 0.5) is 5.69 Å². The molecule has 34 heavy (non-hydrogen) atoms. The Labute approximate surface area is 192 Å². The van der Waals surface area contributed by atoms with Crippen LogP contribution in [0.25, 0.3) is 16.8 Å². The first kappa shape index (κ1) is 22.3. The first-order valence-corrected chi connectivity index (χ1v) is 9.93. The van der Waals surface area contributed by atoms with Gasteiger partial charge in [0.1, 0.15) is 28.7 Å². The fourth-order valence-corrected chi connectivity index (χ4v) is 3.71. The predicted molar refractivity (Wildman–Crippen MR) is 120 cm³/mol. The highest BCUT2D eigenvalue weighted by atomic mass is 16.6. The van der Waals surface area contributed by atoms with E-state index in [4.69, 9.17) is 9.47 Å². The first-order chi connectivity index (χ1) is 16.4. The average Bonchev–Trinajstić information content (AvgIpc) is 3.22. The lowest BCUT2D eigenvalue weighted by atomic mass is 10.0. The summed E-state index contributed by atoms with van der Waals surface area (Å²) in [6.45, 7) is 0. The summed E-state index contributed by atoms with van der Waals surface area (Å²) in [5.41, 5.74) is -0.246. The zero-order chi connectivity index (χ0) is 24.4. The molecule has 0 radical (unpaired) electrons. The molecule has 0 bridgehead atoms. The number of esters is 2. The molecule has 170 valence electrons. The molecule has 0 unspecified atom stereocenters. The van der Waals surface area contributed by atoms with E-state index in [1.165, 1.54) is 41.1 Å². The number of nitro groups is 1. The van der Waals surface area contributed by atoms with Crippen LogP contribution in [0.1, 0.15) is 36.8 Å². The standard InChI is InChI=1S/C24H17N3O7/c1-33-23(29)19-18-12-16(14-8-4-3-5-9-14)25-13-26(18)21(20(19)24(30)34-2)22(28)15-10-6-7-11-17(15)27(31)32/h3-13H,1-2H3. The van der Waals surface area contributed by atoms with Gasteiger partial charge in [-0.05, 0) is 12.1 Å². The van der Waals surface area contributed by atoms with E-state index >= 15 is 0 Å². The molecule has 0 fully saturated rings. The second kappa shape index (κ2) is 8.94. The van der Waals surface area contributed by atoms with E-state index in [1.807, 2.05) is 18.2 Å². The van der Waals surface area contributed by atoms with Crippen LogP contribution in [-0.4, -0.2) is 46.2 Å². The van der Waals surface area contributed by atoms with Crippen molar-refractivity contribution in [1.82, 2.24) is 9.38 Å². The molecular formula is C24H17N3O7. The van der Waals surface area contributed by atoms with E-state index in [2.05, 4.69) is 4.98 Å². The minimum atomic E-state index is -0.979. The van der Waals surface area contributed by atoms with Crippen molar-refractivity contribution in [1.29, 1.82) is 0 Å². The summed E-state index contributed by atoms with van der Waals surface area (Å²) in [5.74, 6) is -2.72. The maximum absolute atomic E-state index is 13.6. The van der Waals surface area contributed by atoms with Gasteiger partial charge in [0.2, 0.25) is 5.78 Å². The van der Waals surface area contributed by atoms with Crippen LogP contribution in [-0.2, 0) is 9.47 Å². The molecule has 0 amide bonds. The Morgan fingerprint density at radius 3 is 2.18 bits per heavy atom. The van der Waals surface area contributed by atoms with Gasteiger partial charge in [-0.15, -0.1) is 0 Å². The molecule has 0 atom stereocenters. The van der Waals surface area contributed by atoms with Gasteiger partial charge in [-0.1, -0.05) is 42.5 Å². The number of carbonyl (C=O) groups excluding carboxylic acids is 3. The van der Waals surface area contributed by atoms with Crippen LogP contribution in [0.5, 0.6) is 0 Å². The van der Waals surface area contributed by atoms with Crippen LogP contribution in [0.3, 0.4) is 0 Å². The quantitative estimate of drug-likeness (QED) is 0.185. The predicted octanol–water partition coefficient (Wildman–Crippen LogP) is 3.71. The third-order valence-corrected chi connectivity index (χ3v) is 5.24. The van der Waals surface area contributed by atoms with E-state index < -0.39 is 28.3 Å². The Hall–Kier alpha value is -4.86. The van der Waals surface area contributed by atoms with Gasteiger partial charge in [0.05, 0.1) is 30.4 Å². The maximum Gasteiger partial charge on any atom is 0.341 e. The van der Waals surface area contributed by atoms with Crippen molar-refractivity contribution in [3.63, 3.8) is 0 Å². The molecule has 10 nitrogen and oxygen atoms in total. The lowest BCUT2D eigenvalue weighted by molar-refractivity contribution is -0.385. The largest absolute Gasteiger partial charge is 0.465 e. The Bertz CT molecular complexity index is 1460. The molecule has 0 aliphatic carbocycles. The minimum absolute atomic E-state index is 0.156. The van der Waals surface area contributed by atoms with Crippen LogP contribution in [0, 0.1) is 10.1 Å². The highest BCUT2D eigenvalue weighted by molar-refractivity contribution is 6.21. The Morgan fingerprint density at radius 2 is 1.53 bits per heavy atom. The number of hydrogen-bond donors (Lipinski definition) is 0. The van der Waals surface area contributed by atoms with Crippen molar-refractivity contribution in [2.24, 2.45) is 0 Å². The molecule has 4 rings (SSSR count). The summed E-state index contributed by atoms with van der Waals surface area (Å²) in [6.07, 6.45) is 1.28. The van der Waals surface area contributed by atoms with Gasteiger partial charge in [-0.3, -0.25) is 19.3 Å². The number of fused-ring (bicyclic) bond motifs is 1. The number of carbonyl (C=O) groups is 3. The average molecular weight is 459 g/mol. The molecule has 0 aliphatic rings. The molecule has 2 heterocycles. The van der Waals surface area contributed by atoms with Gasteiger partial charge in [0.15, 0.2) is 0 Å². The number of hydrogen-bond acceptors (Lipinski definition) is 8. The van der Waals surface area contributed by atoms with Crippen molar-refractivity contribution >= 4 is 28.9 Å². The van der Waals surface area contributed by atoms with Crippen LogP contribution >= 0.6 is 0 Å². The molecule has 10 heteroatoms. The smallest absolute Gasteiger partial charge is 0.341 e. The van der Waals surface area contributed by atoms with Crippen molar-refractivity contribution in [3.05, 3.63) is 99.5 Å². The summed E-state index contributed by atoms with van der Waals surface area (Å²) in [7, 11) is 2.23. The number of nitro benzene ring substituents is 1. The maximum atomic E-state index is 13.6. The van der Waals surface area contributed by atoms with Crippen LogP contribution in [0.15, 0.2) is 67.0 Å². The SMILES string of the molecule is COC(=O)c1c(C(=O)OC)c2cc(-c3ccccc3)ncn2c1C(=O)c1ccccc1[N+](=O)[O-]. The van der Waals surface area contributed by atoms with E-state index in [-0.39, 0.29) is 27.9 Å². The summed E-state index contributed by atoms with van der Waals surface area (Å²) < 4.78 is 11.0. The van der Waals surface area contributed by atoms with Gasteiger partial charge >= 0.3 is 11.9 Å². The summed E-state index contributed by atoms with van der Waals surface area (Å²) in [6, 6.07) is 15.9. The molecule has 0 saturated carbocycles. The van der Waals surface area contributed by atoms with Crippen molar-refractivity contribution < 1.29 is 28.8 Å². The molecular weight excluding hydrogens is 442 g/mol. The first-order valence-electron chi connectivity index (χ1n) is 9.93. The van der Waals surface area contributed by atoms with Gasteiger partial charge in [0, 0.05) is 11.6 Å². The number of ether oxygens (including phenoxy) is 2. The van der Waals surface area contributed by atoms with Gasteiger partial charge < -0.3 is 9.47 Å². The Kier molecular flexibility index (Phi) is 5.88. The number of benzene rings is 2. The van der Waals surface area contributed by atoms with Gasteiger partial charge in [-0.25, -0.2) is 14.6 Å². The second-order valence-corrected chi connectivity index (χ2v) is 7.08. The summed E-state index contributed by atoms with van der Waals surface area (Å²) in [5, 5.41) is 11.5. The minimum Gasteiger partial charge on any atom is -0.465 e. The van der Waals surface area contributed by atoms with E-state index in [0.29, 0.717) is 5.69 Å². The van der Waals surface area contributed by atoms with Crippen molar-refractivity contribution in [2.45, 2.75) is 0 Å².